The molecule has 4 aromatic rings. The van der Waals surface area contributed by atoms with Crippen molar-refractivity contribution >= 4 is 34.4 Å². The summed E-state index contributed by atoms with van der Waals surface area (Å²) < 4.78 is 5.95. The number of urea groups is 1. The van der Waals surface area contributed by atoms with E-state index in [1.165, 1.54) is 28.6 Å². The lowest BCUT2D eigenvalue weighted by Gasteiger charge is -2.39. The average Bonchev–Trinajstić information content (AvgIpc) is 3.38. The molecule has 2 amide bonds. The topological polar surface area (TPSA) is 88.5 Å². The van der Waals surface area contributed by atoms with Crippen molar-refractivity contribution < 1.29 is 14.3 Å². The van der Waals surface area contributed by atoms with E-state index in [2.05, 4.69) is 69.2 Å². The van der Waals surface area contributed by atoms with Gasteiger partial charge in [-0.1, -0.05) is 54.6 Å². The number of aryl methyl sites for hydroxylation is 2. The summed E-state index contributed by atoms with van der Waals surface area (Å²) >= 11 is 0. The minimum absolute atomic E-state index is 0.203. The molecular formula is C29H31N5O3. The van der Waals surface area contributed by atoms with E-state index in [0.717, 1.165) is 32.2 Å². The Morgan fingerprint density at radius 1 is 1.03 bits per heavy atom. The molecule has 0 radical (unpaired) electrons. The number of methoxy groups -OCH3 is 1. The Kier molecular flexibility index (Phi) is 7.35. The van der Waals surface area contributed by atoms with Crippen molar-refractivity contribution in [1.29, 1.82) is 0 Å². The number of carbonyl (C=O) groups excluding carboxylic acids is 2. The molecule has 190 valence electrons. The molecule has 8 nitrogen and oxygen atoms in total. The van der Waals surface area contributed by atoms with E-state index in [0.29, 0.717) is 23.1 Å². The van der Waals surface area contributed by atoms with E-state index in [-0.39, 0.29) is 12.1 Å². The molecule has 1 aliphatic heterocycles. The second-order valence-corrected chi connectivity index (χ2v) is 9.20. The second-order valence-electron chi connectivity index (χ2n) is 9.20. The fourth-order valence-corrected chi connectivity index (χ4v) is 5.06. The molecule has 5 rings (SSSR count). The monoisotopic (exact) mass is 497 g/mol. The normalized spacial score (nSPS) is 14.7. The van der Waals surface area contributed by atoms with Gasteiger partial charge < -0.3 is 20.3 Å². The van der Waals surface area contributed by atoms with Crippen LogP contribution in [0.3, 0.4) is 0 Å². The van der Waals surface area contributed by atoms with Gasteiger partial charge in [-0.05, 0) is 55.0 Å². The summed E-state index contributed by atoms with van der Waals surface area (Å²) in [5.74, 6) is 0. The van der Waals surface area contributed by atoms with Crippen LogP contribution in [0.15, 0.2) is 79.0 Å². The Labute approximate surface area is 216 Å². The summed E-state index contributed by atoms with van der Waals surface area (Å²) in [7, 11) is 1.31. The summed E-state index contributed by atoms with van der Waals surface area (Å²) in [4.78, 5) is 27.3. The molecule has 1 aromatic heterocycles. The lowest BCUT2D eigenvalue weighted by atomic mass is 9.95. The molecule has 0 saturated heterocycles. The van der Waals surface area contributed by atoms with Crippen LogP contribution in [0.4, 0.5) is 21.0 Å². The first-order chi connectivity index (χ1) is 18.1. The lowest BCUT2D eigenvalue weighted by molar-refractivity contribution is 0.170. The molecule has 0 bridgehead atoms. The maximum Gasteiger partial charge on any atom is 0.434 e. The number of fused-ring (bicyclic) bond motifs is 2. The van der Waals surface area contributed by atoms with Crippen molar-refractivity contribution in [3.05, 3.63) is 90.1 Å². The van der Waals surface area contributed by atoms with Crippen LogP contribution in [0.1, 0.15) is 24.0 Å². The number of aromatic nitrogens is 2. The van der Waals surface area contributed by atoms with Crippen molar-refractivity contribution in [2.75, 3.05) is 30.4 Å². The first-order valence-electron chi connectivity index (χ1n) is 12.6. The number of carbonyl (C=O) groups is 2. The third-order valence-electron chi connectivity index (χ3n) is 6.90. The highest BCUT2D eigenvalue weighted by Gasteiger charge is 2.26. The minimum Gasteiger partial charge on any atom is -0.451 e. The smallest absolute Gasteiger partial charge is 0.434 e. The first-order valence-corrected chi connectivity index (χ1v) is 12.6. The van der Waals surface area contributed by atoms with Crippen molar-refractivity contribution in [3.8, 4) is 0 Å². The molecule has 3 aromatic carbocycles. The van der Waals surface area contributed by atoms with E-state index in [4.69, 9.17) is 4.74 Å². The average molecular weight is 498 g/mol. The van der Waals surface area contributed by atoms with Crippen LogP contribution in [0.2, 0.25) is 0 Å². The van der Waals surface area contributed by atoms with Gasteiger partial charge in [0.15, 0.2) is 0 Å². The summed E-state index contributed by atoms with van der Waals surface area (Å²) in [5.41, 5.74) is 5.11. The van der Waals surface area contributed by atoms with Crippen molar-refractivity contribution in [3.63, 3.8) is 0 Å². The van der Waals surface area contributed by atoms with Gasteiger partial charge in [-0.25, -0.2) is 9.59 Å². The molecule has 2 heterocycles. The number of hydrogen-bond donors (Lipinski definition) is 2. The minimum atomic E-state index is -0.582. The third kappa shape index (κ3) is 5.43. The van der Waals surface area contributed by atoms with Gasteiger partial charge in [-0.2, -0.15) is 9.78 Å². The van der Waals surface area contributed by atoms with E-state index in [1.54, 1.807) is 24.4 Å². The van der Waals surface area contributed by atoms with Crippen LogP contribution in [-0.4, -0.2) is 48.1 Å². The standard InChI is InChI=1S/C29H31N5O3/c1-37-29(36)34-27-15-7-13-25(24(27)20-31-34)32-28(35)30-19-23-17-16-22-12-5-6-14-26(22)33(23)18-8-11-21-9-3-2-4-10-21/h2-7,9-10,12-15,20,23H,8,11,16-19H2,1H3,(H2,30,32,35). The van der Waals surface area contributed by atoms with Gasteiger partial charge >= 0.3 is 12.1 Å². The van der Waals surface area contributed by atoms with Crippen LogP contribution < -0.4 is 15.5 Å². The summed E-state index contributed by atoms with van der Waals surface area (Å²) in [6, 6.07) is 24.3. The predicted molar refractivity (Wildman–Crippen MR) is 145 cm³/mol. The molecule has 0 saturated carbocycles. The maximum atomic E-state index is 12.9. The van der Waals surface area contributed by atoms with Gasteiger partial charge in [-0.15, -0.1) is 0 Å². The van der Waals surface area contributed by atoms with Gasteiger partial charge in [0.2, 0.25) is 0 Å². The van der Waals surface area contributed by atoms with Gasteiger partial charge in [0.25, 0.3) is 0 Å². The highest BCUT2D eigenvalue weighted by Crippen LogP contribution is 2.31. The second kappa shape index (κ2) is 11.2. The molecule has 1 unspecified atom stereocenters. The summed E-state index contributed by atoms with van der Waals surface area (Å²) in [6.07, 6.45) is 4.99. The Balaban J connectivity index is 1.24. The van der Waals surface area contributed by atoms with Gasteiger partial charge in [0, 0.05) is 30.2 Å². The Hall–Kier alpha value is -4.33. The van der Waals surface area contributed by atoms with E-state index in [9.17, 15) is 9.59 Å². The maximum absolute atomic E-state index is 12.9. The summed E-state index contributed by atoms with van der Waals surface area (Å²) in [6.45, 7) is 1.45. The lowest BCUT2D eigenvalue weighted by Crippen LogP contribution is -2.48. The van der Waals surface area contributed by atoms with Crippen molar-refractivity contribution in [2.45, 2.75) is 31.7 Å². The highest BCUT2D eigenvalue weighted by atomic mass is 16.5. The largest absolute Gasteiger partial charge is 0.451 e. The molecule has 0 fully saturated rings. The number of amides is 2. The number of ether oxygens (including phenoxy) is 1. The van der Waals surface area contributed by atoms with Crippen molar-refractivity contribution in [1.82, 2.24) is 15.1 Å². The molecule has 2 N–H and O–H groups in total. The first kappa shape index (κ1) is 24.4. The van der Waals surface area contributed by atoms with Crippen molar-refractivity contribution in [2.24, 2.45) is 0 Å². The van der Waals surface area contributed by atoms with E-state index < -0.39 is 6.09 Å². The number of anilines is 2. The third-order valence-corrected chi connectivity index (χ3v) is 6.90. The summed E-state index contributed by atoms with van der Waals surface area (Å²) in [5, 5.41) is 10.7. The molecule has 37 heavy (non-hydrogen) atoms. The Morgan fingerprint density at radius 3 is 2.68 bits per heavy atom. The van der Waals surface area contributed by atoms with Gasteiger partial charge in [-0.3, -0.25) is 0 Å². The number of nitrogens with zero attached hydrogens (tertiary/aromatic N) is 3. The van der Waals surface area contributed by atoms with Crippen LogP contribution in [0.25, 0.3) is 10.9 Å². The fraction of sp³-hybridized carbons (Fsp3) is 0.276. The predicted octanol–water partition coefficient (Wildman–Crippen LogP) is 5.23. The Morgan fingerprint density at radius 2 is 1.84 bits per heavy atom. The van der Waals surface area contributed by atoms with E-state index >= 15 is 0 Å². The SMILES string of the molecule is COC(=O)n1ncc2c(NC(=O)NCC3CCc4ccccc4N3CCCc3ccccc3)cccc21. The number of benzene rings is 3. The highest BCUT2D eigenvalue weighted by molar-refractivity contribution is 6.02. The van der Waals surface area contributed by atoms with Crippen LogP contribution in [0.5, 0.6) is 0 Å². The van der Waals surface area contributed by atoms with E-state index in [1.807, 2.05) is 6.07 Å². The molecule has 1 aliphatic rings. The van der Waals surface area contributed by atoms with Crippen LogP contribution in [0, 0.1) is 0 Å². The zero-order valence-corrected chi connectivity index (χ0v) is 20.9. The molecule has 1 atom stereocenters. The van der Waals surface area contributed by atoms with Gasteiger partial charge in [0.1, 0.15) is 0 Å². The van der Waals surface area contributed by atoms with Gasteiger partial charge in [0.05, 0.1) is 24.5 Å². The Bertz CT molecular complexity index is 1380. The van der Waals surface area contributed by atoms with Crippen LogP contribution in [-0.2, 0) is 17.6 Å². The number of rotatable bonds is 7. The zero-order valence-electron chi connectivity index (χ0n) is 20.9. The molecular weight excluding hydrogens is 466 g/mol. The number of hydrogen-bond acceptors (Lipinski definition) is 5. The zero-order chi connectivity index (χ0) is 25.6. The number of para-hydroxylation sites is 1. The molecule has 0 aliphatic carbocycles. The molecule has 0 spiro atoms. The van der Waals surface area contributed by atoms with Crippen LogP contribution >= 0.6 is 0 Å². The quantitative estimate of drug-likeness (QED) is 0.365. The fourth-order valence-electron chi connectivity index (χ4n) is 5.06. The number of nitrogens with one attached hydrogen (secondary N) is 2. The molecule has 8 heteroatoms.